The number of aliphatic hydroxyl groups is 1. The second kappa shape index (κ2) is 6.85. The number of benzene rings is 2. The smallest absolute Gasteiger partial charge is 0.269 e. The number of aliphatic hydroxyl groups excluding tert-OH is 1. The van der Waals surface area contributed by atoms with Crippen molar-refractivity contribution in [2.75, 3.05) is 6.61 Å². The normalized spacial score (nSPS) is 11.9. The van der Waals surface area contributed by atoms with E-state index in [0.717, 1.165) is 11.1 Å². The summed E-state index contributed by atoms with van der Waals surface area (Å²) >= 11 is 0. The Labute approximate surface area is 123 Å². The van der Waals surface area contributed by atoms with E-state index in [4.69, 9.17) is 4.74 Å². The lowest BCUT2D eigenvalue weighted by Crippen LogP contribution is -2.02. The number of ether oxygens (including phenoxy) is 1. The molecule has 5 heteroatoms. The average Bonchev–Trinajstić information content (AvgIpc) is 2.48. The molecule has 0 saturated carbocycles. The van der Waals surface area contributed by atoms with Crippen molar-refractivity contribution in [3.63, 3.8) is 0 Å². The fraction of sp³-hybridized carbons (Fsp3) is 0.250. The predicted molar refractivity (Wildman–Crippen MR) is 79.4 cm³/mol. The van der Waals surface area contributed by atoms with Gasteiger partial charge in [-0.05, 0) is 30.2 Å². The maximum atomic E-state index is 10.6. The van der Waals surface area contributed by atoms with E-state index in [1.807, 2.05) is 18.2 Å². The van der Waals surface area contributed by atoms with Gasteiger partial charge in [-0.15, -0.1) is 0 Å². The lowest BCUT2D eigenvalue weighted by Gasteiger charge is -2.09. The van der Waals surface area contributed by atoms with Crippen molar-refractivity contribution in [2.24, 2.45) is 0 Å². The fourth-order valence-corrected chi connectivity index (χ4v) is 1.94. The first-order valence-electron chi connectivity index (χ1n) is 6.70. The van der Waals surface area contributed by atoms with Gasteiger partial charge in [0.15, 0.2) is 0 Å². The number of nitro benzene ring substituents is 1. The molecule has 2 aromatic rings. The molecule has 0 aromatic heterocycles. The van der Waals surface area contributed by atoms with E-state index >= 15 is 0 Å². The lowest BCUT2D eigenvalue weighted by molar-refractivity contribution is -0.384. The van der Waals surface area contributed by atoms with Crippen molar-refractivity contribution >= 4 is 5.69 Å². The van der Waals surface area contributed by atoms with Gasteiger partial charge in [-0.2, -0.15) is 0 Å². The van der Waals surface area contributed by atoms with Gasteiger partial charge in [0.1, 0.15) is 5.75 Å². The zero-order chi connectivity index (χ0) is 15.2. The molecule has 0 aliphatic carbocycles. The summed E-state index contributed by atoms with van der Waals surface area (Å²) in [5, 5.41) is 20.1. The van der Waals surface area contributed by atoms with Crippen molar-refractivity contribution in [1.29, 1.82) is 0 Å². The van der Waals surface area contributed by atoms with E-state index in [9.17, 15) is 15.2 Å². The highest BCUT2D eigenvalue weighted by molar-refractivity contribution is 5.33. The third kappa shape index (κ3) is 4.29. The van der Waals surface area contributed by atoms with Gasteiger partial charge in [-0.1, -0.05) is 24.3 Å². The van der Waals surface area contributed by atoms with Gasteiger partial charge < -0.3 is 9.84 Å². The Morgan fingerprint density at radius 2 is 1.95 bits per heavy atom. The van der Waals surface area contributed by atoms with Gasteiger partial charge in [0.05, 0.1) is 17.6 Å². The highest BCUT2D eigenvalue weighted by Crippen LogP contribution is 2.19. The van der Waals surface area contributed by atoms with Crippen LogP contribution in [0.15, 0.2) is 48.5 Å². The highest BCUT2D eigenvalue weighted by Gasteiger charge is 2.05. The Balaban J connectivity index is 1.89. The molecule has 110 valence electrons. The Morgan fingerprint density at radius 3 is 2.57 bits per heavy atom. The molecule has 0 aliphatic rings. The topological polar surface area (TPSA) is 72.6 Å². The number of rotatable bonds is 6. The Hall–Kier alpha value is -2.40. The Morgan fingerprint density at radius 1 is 1.24 bits per heavy atom. The molecule has 0 saturated heterocycles. The van der Waals surface area contributed by atoms with E-state index in [1.54, 1.807) is 25.1 Å². The summed E-state index contributed by atoms with van der Waals surface area (Å²) in [6.07, 6.45) is 0.139. The van der Waals surface area contributed by atoms with Gasteiger partial charge in [0.2, 0.25) is 0 Å². The second-order valence-corrected chi connectivity index (χ2v) is 4.77. The first-order valence-corrected chi connectivity index (χ1v) is 6.70. The van der Waals surface area contributed by atoms with Crippen LogP contribution in [-0.2, 0) is 6.42 Å². The van der Waals surface area contributed by atoms with Crippen LogP contribution in [0.1, 0.15) is 24.2 Å². The van der Waals surface area contributed by atoms with Crippen LogP contribution in [-0.4, -0.2) is 16.6 Å². The molecule has 0 spiro atoms. The standard InChI is InChI=1S/C16H17NO4/c1-12(18)14-3-2-4-16(11-14)21-10-9-13-5-7-15(8-6-13)17(19)20/h2-8,11-12,18H,9-10H2,1H3. The third-order valence-electron chi connectivity index (χ3n) is 3.15. The molecule has 0 heterocycles. The molecule has 0 bridgehead atoms. The van der Waals surface area contributed by atoms with Crippen molar-refractivity contribution in [1.82, 2.24) is 0 Å². The SMILES string of the molecule is CC(O)c1cccc(OCCc2ccc([N+](=O)[O-])cc2)c1. The molecule has 5 nitrogen and oxygen atoms in total. The minimum atomic E-state index is -0.525. The summed E-state index contributed by atoms with van der Waals surface area (Å²) in [7, 11) is 0. The summed E-state index contributed by atoms with van der Waals surface area (Å²) in [5.74, 6) is 0.704. The zero-order valence-electron chi connectivity index (χ0n) is 11.7. The number of non-ortho nitro benzene ring substituents is 1. The van der Waals surface area contributed by atoms with E-state index in [0.29, 0.717) is 18.8 Å². The van der Waals surface area contributed by atoms with E-state index in [2.05, 4.69) is 0 Å². The quantitative estimate of drug-likeness (QED) is 0.653. The van der Waals surface area contributed by atoms with Gasteiger partial charge in [0, 0.05) is 18.6 Å². The molecule has 0 amide bonds. The van der Waals surface area contributed by atoms with Crippen LogP contribution in [0.2, 0.25) is 0 Å². The van der Waals surface area contributed by atoms with Crippen LogP contribution in [0.4, 0.5) is 5.69 Å². The van der Waals surface area contributed by atoms with E-state index in [-0.39, 0.29) is 5.69 Å². The molecule has 21 heavy (non-hydrogen) atoms. The molecule has 0 aliphatic heterocycles. The second-order valence-electron chi connectivity index (χ2n) is 4.77. The van der Waals surface area contributed by atoms with E-state index in [1.165, 1.54) is 12.1 Å². The van der Waals surface area contributed by atoms with Crippen LogP contribution in [0.25, 0.3) is 0 Å². The highest BCUT2D eigenvalue weighted by atomic mass is 16.6. The molecule has 1 unspecified atom stereocenters. The van der Waals surface area contributed by atoms with Crippen LogP contribution < -0.4 is 4.74 Å². The Kier molecular flexibility index (Phi) is 4.90. The molecular formula is C16H17NO4. The molecule has 1 atom stereocenters. The van der Waals surface area contributed by atoms with Crippen LogP contribution >= 0.6 is 0 Å². The Bertz CT molecular complexity index is 608. The fourth-order valence-electron chi connectivity index (χ4n) is 1.94. The van der Waals surface area contributed by atoms with Crippen LogP contribution in [0.3, 0.4) is 0 Å². The van der Waals surface area contributed by atoms with Gasteiger partial charge >= 0.3 is 0 Å². The molecule has 1 N–H and O–H groups in total. The summed E-state index contributed by atoms with van der Waals surface area (Å²) in [6, 6.07) is 13.8. The van der Waals surface area contributed by atoms with Crippen molar-refractivity contribution in [3.8, 4) is 5.75 Å². The number of nitrogens with zero attached hydrogens (tertiary/aromatic N) is 1. The van der Waals surface area contributed by atoms with Gasteiger partial charge in [0.25, 0.3) is 5.69 Å². The van der Waals surface area contributed by atoms with Crippen molar-refractivity contribution in [2.45, 2.75) is 19.4 Å². The summed E-state index contributed by atoms with van der Waals surface area (Å²) < 4.78 is 5.63. The van der Waals surface area contributed by atoms with Crippen LogP contribution in [0.5, 0.6) is 5.75 Å². The summed E-state index contributed by atoms with van der Waals surface area (Å²) in [4.78, 5) is 10.1. The zero-order valence-corrected chi connectivity index (χ0v) is 11.7. The summed E-state index contributed by atoms with van der Waals surface area (Å²) in [5.41, 5.74) is 1.87. The molecule has 0 radical (unpaired) electrons. The number of nitro groups is 1. The minimum Gasteiger partial charge on any atom is -0.493 e. The predicted octanol–water partition coefficient (Wildman–Crippen LogP) is 3.27. The molecule has 0 fully saturated rings. The maximum Gasteiger partial charge on any atom is 0.269 e. The van der Waals surface area contributed by atoms with Gasteiger partial charge in [-0.3, -0.25) is 10.1 Å². The number of hydrogen-bond acceptors (Lipinski definition) is 4. The van der Waals surface area contributed by atoms with E-state index < -0.39 is 11.0 Å². The number of hydrogen-bond donors (Lipinski definition) is 1. The maximum absolute atomic E-state index is 10.6. The first kappa shape index (κ1) is 15.0. The third-order valence-corrected chi connectivity index (χ3v) is 3.15. The van der Waals surface area contributed by atoms with Crippen molar-refractivity contribution < 1.29 is 14.8 Å². The minimum absolute atomic E-state index is 0.0873. The molecular weight excluding hydrogens is 270 g/mol. The van der Waals surface area contributed by atoms with Gasteiger partial charge in [-0.25, -0.2) is 0 Å². The molecule has 2 rings (SSSR count). The average molecular weight is 287 g/mol. The van der Waals surface area contributed by atoms with Crippen LogP contribution in [0, 0.1) is 10.1 Å². The largest absolute Gasteiger partial charge is 0.493 e. The van der Waals surface area contributed by atoms with Crippen molar-refractivity contribution in [3.05, 3.63) is 69.8 Å². The lowest BCUT2D eigenvalue weighted by atomic mass is 10.1. The first-order chi connectivity index (χ1) is 10.1. The molecule has 2 aromatic carbocycles. The monoisotopic (exact) mass is 287 g/mol. The summed E-state index contributed by atoms with van der Waals surface area (Å²) in [6.45, 7) is 2.18.